The second-order valence-corrected chi connectivity index (χ2v) is 18.0. The average Bonchev–Trinajstić information content (AvgIpc) is 3.36. The maximum atomic E-state index is 12.9. The first-order valence-corrected chi connectivity index (χ1v) is 28.4. The lowest BCUT2D eigenvalue weighted by molar-refractivity contribution is -0.163. The van der Waals surface area contributed by atoms with E-state index in [0.717, 1.165) is 154 Å². The SMILES string of the molecule is CC/C=C\C/C=C\C/C=C\C/C=C\C/C=C\CCCCCCOCC(COC(=O)CCCCCCCC/C=C\C/C=C\C/C=C\C/C=C\CC)OC(=O)CCCCCCC/C=C\C/C=C\C/C=C\CC. The quantitative estimate of drug-likeness (QED) is 0.0345. The summed E-state index contributed by atoms with van der Waals surface area (Å²) in [6.45, 7) is 7.39. The highest BCUT2D eigenvalue weighted by atomic mass is 16.6. The molecule has 0 fully saturated rings. The highest BCUT2D eigenvalue weighted by Crippen LogP contribution is 2.13. The first kappa shape index (κ1) is 65.8. The van der Waals surface area contributed by atoms with Gasteiger partial charge in [0.25, 0.3) is 0 Å². The highest BCUT2D eigenvalue weighted by Gasteiger charge is 2.17. The maximum Gasteiger partial charge on any atom is 0.306 e. The summed E-state index contributed by atoms with van der Waals surface area (Å²) in [5, 5.41) is 0. The van der Waals surface area contributed by atoms with Crippen molar-refractivity contribution < 1.29 is 23.8 Å². The van der Waals surface area contributed by atoms with Crippen molar-refractivity contribution >= 4 is 11.9 Å². The Bertz CT molecular complexity index is 1510. The minimum absolute atomic E-state index is 0.0499. The van der Waals surface area contributed by atoms with E-state index in [4.69, 9.17) is 14.2 Å². The largest absolute Gasteiger partial charge is 0.462 e. The molecular weight excluding hydrogens is 861 g/mol. The van der Waals surface area contributed by atoms with Crippen LogP contribution in [0.3, 0.4) is 0 Å². The smallest absolute Gasteiger partial charge is 0.306 e. The molecule has 1 atom stereocenters. The number of rotatable bonds is 50. The molecule has 5 heteroatoms. The predicted octanol–water partition coefficient (Wildman–Crippen LogP) is 19.7. The maximum absolute atomic E-state index is 12.9. The zero-order valence-corrected chi connectivity index (χ0v) is 45.2. The molecule has 0 amide bonds. The number of unbranched alkanes of at least 4 members (excludes halogenated alkanes) is 15. The van der Waals surface area contributed by atoms with Gasteiger partial charge in [-0.15, -0.1) is 0 Å². The van der Waals surface area contributed by atoms with E-state index in [2.05, 4.69) is 167 Å². The van der Waals surface area contributed by atoms with Crippen molar-refractivity contribution in [3.05, 3.63) is 146 Å². The van der Waals surface area contributed by atoms with Gasteiger partial charge in [-0.25, -0.2) is 0 Å². The summed E-state index contributed by atoms with van der Waals surface area (Å²) in [5.41, 5.74) is 0. The summed E-state index contributed by atoms with van der Waals surface area (Å²) in [6, 6.07) is 0. The Morgan fingerprint density at radius 2 is 0.600 bits per heavy atom. The summed E-state index contributed by atoms with van der Waals surface area (Å²) >= 11 is 0. The third-order valence-corrected chi connectivity index (χ3v) is 11.4. The topological polar surface area (TPSA) is 61.8 Å². The lowest BCUT2D eigenvalue weighted by Gasteiger charge is -2.18. The molecule has 0 N–H and O–H groups in total. The minimum Gasteiger partial charge on any atom is -0.462 e. The number of hydrogen-bond donors (Lipinski definition) is 0. The predicted molar refractivity (Wildman–Crippen MR) is 306 cm³/mol. The van der Waals surface area contributed by atoms with Crippen LogP contribution in [-0.2, 0) is 23.8 Å². The Balaban J connectivity index is 4.41. The van der Waals surface area contributed by atoms with E-state index >= 15 is 0 Å². The number of carbonyl (C=O) groups excluding carboxylic acids is 2. The van der Waals surface area contributed by atoms with Crippen LogP contribution in [0.25, 0.3) is 0 Å². The van der Waals surface area contributed by atoms with Crippen molar-refractivity contribution in [3.8, 4) is 0 Å². The lowest BCUT2D eigenvalue weighted by Crippen LogP contribution is -2.30. The van der Waals surface area contributed by atoms with Crippen LogP contribution in [0.1, 0.15) is 226 Å². The summed E-state index contributed by atoms with van der Waals surface area (Å²) < 4.78 is 17.4. The molecule has 0 aliphatic carbocycles. The minimum atomic E-state index is -0.577. The van der Waals surface area contributed by atoms with Crippen LogP contribution in [0, 0.1) is 0 Å². The summed E-state index contributed by atoms with van der Waals surface area (Å²) in [6.07, 6.45) is 85.8. The van der Waals surface area contributed by atoms with E-state index in [1.165, 1.54) is 38.5 Å². The van der Waals surface area contributed by atoms with Crippen LogP contribution in [-0.4, -0.2) is 37.9 Å². The summed E-state index contributed by atoms with van der Waals surface area (Å²) in [7, 11) is 0. The Morgan fingerprint density at radius 3 is 0.957 bits per heavy atom. The fraction of sp³-hybridized carbons (Fsp3) is 0.600. The molecule has 0 spiro atoms. The van der Waals surface area contributed by atoms with Gasteiger partial charge in [-0.3, -0.25) is 9.59 Å². The molecule has 0 bridgehead atoms. The van der Waals surface area contributed by atoms with Gasteiger partial charge in [0.1, 0.15) is 6.61 Å². The molecule has 0 aromatic heterocycles. The van der Waals surface area contributed by atoms with Crippen LogP contribution >= 0.6 is 0 Å². The van der Waals surface area contributed by atoms with E-state index in [1.807, 2.05) is 0 Å². The fourth-order valence-corrected chi connectivity index (χ4v) is 7.25. The monoisotopic (exact) mass is 965 g/mol. The van der Waals surface area contributed by atoms with Crippen molar-refractivity contribution in [2.45, 2.75) is 232 Å². The highest BCUT2D eigenvalue weighted by molar-refractivity contribution is 5.70. The fourth-order valence-electron chi connectivity index (χ4n) is 7.25. The van der Waals surface area contributed by atoms with Crippen LogP contribution in [0.2, 0.25) is 0 Å². The third kappa shape index (κ3) is 56.4. The van der Waals surface area contributed by atoms with Crippen molar-refractivity contribution in [2.24, 2.45) is 0 Å². The number of esters is 2. The van der Waals surface area contributed by atoms with E-state index in [1.54, 1.807) is 0 Å². The van der Waals surface area contributed by atoms with Gasteiger partial charge < -0.3 is 14.2 Å². The Hall–Kier alpha value is -4.22. The first-order chi connectivity index (χ1) is 34.6. The summed E-state index contributed by atoms with van der Waals surface area (Å²) in [5.74, 6) is -0.457. The van der Waals surface area contributed by atoms with Crippen LogP contribution in [0.4, 0.5) is 0 Å². The molecule has 0 aromatic rings. The van der Waals surface area contributed by atoms with Gasteiger partial charge in [-0.1, -0.05) is 224 Å². The zero-order valence-electron chi connectivity index (χ0n) is 45.2. The molecule has 0 aliphatic heterocycles. The first-order valence-electron chi connectivity index (χ1n) is 28.4. The van der Waals surface area contributed by atoms with E-state index < -0.39 is 6.10 Å². The standard InChI is InChI=1S/C65H104O5/c1-4-7-10-13-16-19-22-25-28-30-32-34-36-39-42-45-48-51-54-57-60-68-61-63(70-65(67)59-56-53-50-47-44-41-37-27-24-21-18-15-12-9-6-3)62-69-64(66)58-55-52-49-46-43-40-38-35-33-31-29-26-23-20-17-14-11-8-5-2/h7-12,16-21,25-29,32-35,37,39,42,63H,4-6,13-15,22-24,30-31,36,38,40-41,43-62H2,1-3H3/b10-7-,11-8-,12-9-,19-16-,20-17-,21-18-,28-25-,29-26-,34-32-,35-33-,37-27-,42-39-. The number of allylic oxidation sites excluding steroid dienone is 24. The average molecular weight is 966 g/mol. The second kappa shape index (κ2) is 59.1. The molecule has 0 heterocycles. The Labute approximate surface area is 431 Å². The molecule has 1 unspecified atom stereocenters. The summed E-state index contributed by atoms with van der Waals surface area (Å²) in [4.78, 5) is 25.5. The second-order valence-electron chi connectivity index (χ2n) is 18.0. The van der Waals surface area contributed by atoms with Gasteiger partial charge in [0.2, 0.25) is 0 Å². The van der Waals surface area contributed by atoms with E-state index in [9.17, 15) is 9.59 Å². The normalized spacial score (nSPS) is 13.4. The van der Waals surface area contributed by atoms with Gasteiger partial charge in [0.15, 0.2) is 6.10 Å². The molecule has 0 aliphatic rings. The molecule has 0 rings (SSSR count). The molecular formula is C65H104O5. The van der Waals surface area contributed by atoms with E-state index in [0.29, 0.717) is 19.4 Å². The van der Waals surface area contributed by atoms with Gasteiger partial charge in [0.05, 0.1) is 6.61 Å². The van der Waals surface area contributed by atoms with Crippen LogP contribution in [0.5, 0.6) is 0 Å². The molecule has 70 heavy (non-hydrogen) atoms. The van der Waals surface area contributed by atoms with Crippen molar-refractivity contribution in [1.82, 2.24) is 0 Å². The molecule has 0 saturated carbocycles. The van der Waals surface area contributed by atoms with Crippen molar-refractivity contribution in [2.75, 3.05) is 19.8 Å². The van der Waals surface area contributed by atoms with Gasteiger partial charge in [-0.05, 0) is 135 Å². The van der Waals surface area contributed by atoms with Gasteiger partial charge in [0, 0.05) is 19.4 Å². The molecule has 0 radical (unpaired) electrons. The molecule has 0 aromatic carbocycles. The van der Waals surface area contributed by atoms with Crippen LogP contribution in [0.15, 0.2) is 146 Å². The van der Waals surface area contributed by atoms with Crippen molar-refractivity contribution in [3.63, 3.8) is 0 Å². The number of hydrogen-bond acceptors (Lipinski definition) is 5. The van der Waals surface area contributed by atoms with Gasteiger partial charge >= 0.3 is 11.9 Å². The van der Waals surface area contributed by atoms with E-state index in [-0.39, 0.29) is 25.2 Å². The van der Waals surface area contributed by atoms with Crippen molar-refractivity contribution in [1.29, 1.82) is 0 Å². The Kier molecular flexibility index (Phi) is 55.5. The number of ether oxygens (including phenoxy) is 3. The third-order valence-electron chi connectivity index (χ3n) is 11.4. The molecule has 394 valence electrons. The zero-order chi connectivity index (χ0) is 50.6. The number of carbonyl (C=O) groups is 2. The lowest BCUT2D eigenvalue weighted by atomic mass is 10.1. The molecule has 0 saturated heterocycles. The van der Waals surface area contributed by atoms with Gasteiger partial charge in [-0.2, -0.15) is 0 Å². The Morgan fingerprint density at radius 1 is 0.314 bits per heavy atom. The van der Waals surface area contributed by atoms with Crippen LogP contribution < -0.4 is 0 Å². The molecule has 5 nitrogen and oxygen atoms in total.